The summed E-state index contributed by atoms with van der Waals surface area (Å²) in [5, 5.41) is 31.0. The molecule has 112 valence electrons. The molecule has 1 unspecified atom stereocenters. The summed E-state index contributed by atoms with van der Waals surface area (Å²) < 4.78 is 0. The minimum absolute atomic E-state index is 0.0614. The maximum atomic E-state index is 11.9. The first-order valence-corrected chi connectivity index (χ1v) is 6.83. The van der Waals surface area contributed by atoms with E-state index in [0.29, 0.717) is 5.01 Å². The molecule has 0 fully saturated rings. The van der Waals surface area contributed by atoms with Crippen LogP contribution in [-0.4, -0.2) is 63.5 Å². The van der Waals surface area contributed by atoms with Gasteiger partial charge in [0.2, 0.25) is 0 Å². The van der Waals surface area contributed by atoms with E-state index in [1.807, 2.05) is 0 Å². The number of aromatic nitrogens is 1. The standard InChI is InChI=1S/C11H17N3O5S/c1-7(9-13-8(6-20-9)10(17)18)12-11(19)14(2-4-15)3-5-16/h6-7,15-16H,2-5H2,1H3,(H,12,19)(H,17,18). The predicted octanol–water partition coefficient (Wildman–Crippen LogP) is -0.101. The van der Waals surface area contributed by atoms with Crippen molar-refractivity contribution in [1.29, 1.82) is 0 Å². The van der Waals surface area contributed by atoms with Crippen LogP contribution in [0.15, 0.2) is 5.38 Å². The Bertz CT molecular complexity index is 459. The number of carbonyl (C=O) groups excluding carboxylic acids is 1. The third-order valence-electron chi connectivity index (χ3n) is 2.48. The van der Waals surface area contributed by atoms with Crippen molar-refractivity contribution in [3.63, 3.8) is 0 Å². The number of aromatic carboxylic acids is 1. The largest absolute Gasteiger partial charge is 0.476 e. The van der Waals surface area contributed by atoms with Crippen LogP contribution in [0.4, 0.5) is 4.79 Å². The Kier molecular flexibility index (Phi) is 6.36. The molecule has 0 aromatic carbocycles. The molecule has 1 rings (SSSR count). The number of carboxylic acids is 1. The van der Waals surface area contributed by atoms with Crippen LogP contribution >= 0.6 is 11.3 Å². The number of thiazole rings is 1. The molecule has 0 aliphatic heterocycles. The lowest BCUT2D eigenvalue weighted by molar-refractivity contribution is 0.0691. The first-order chi connectivity index (χ1) is 9.49. The first-order valence-electron chi connectivity index (χ1n) is 5.95. The molecule has 0 spiro atoms. The van der Waals surface area contributed by atoms with Gasteiger partial charge in [-0.1, -0.05) is 0 Å². The molecule has 9 heteroatoms. The van der Waals surface area contributed by atoms with Gasteiger partial charge < -0.3 is 25.5 Å². The van der Waals surface area contributed by atoms with Crippen molar-refractivity contribution in [3.05, 3.63) is 16.1 Å². The number of rotatable bonds is 7. The van der Waals surface area contributed by atoms with Gasteiger partial charge in [-0.15, -0.1) is 11.3 Å². The Morgan fingerprint density at radius 1 is 1.40 bits per heavy atom. The van der Waals surface area contributed by atoms with Gasteiger partial charge in [-0.05, 0) is 6.92 Å². The molecule has 1 heterocycles. The molecule has 1 aromatic heterocycles. The Balaban J connectivity index is 2.65. The Labute approximate surface area is 119 Å². The van der Waals surface area contributed by atoms with Gasteiger partial charge in [-0.3, -0.25) is 0 Å². The Hall–Kier alpha value is -1.71. The molecule has 8 nitrogen and oxygen atoms in total. The highest BCUT2D eigenvalue weighted by Crippen LogP contribution is 2.18. The maximum absolute atomic E-state index is 11.9. The van der Waals surface area contributed by atoms with E-state index in [-0.39, 0.29) is 32.0 Å². The third-order valence-corrected chi connectivity index (χ3v) is 3.51. The second-order valence-electron chi connectivity index (χ2n) is 3.98. The number of hydrogen-bond donors (Lipinski definition) is 4. The lowest BCUT2D eigenvalue weighted by Gasteiger charge is -2.23. The molecular formula is C11H17N3O5S. The fourth-order valence-corrected chi connectivity index (χ4v) is 2.28. The third kappa shape index (κ3) is 4.44. The van der Waals surface area contributed by atoms with E-state index in [1.165, 1.54) is 10.3 Å². The van der Waals surface area contributed by atoms with Gasteiger partial charge in [0.05, 0.1) is 19.3 Å². The molecular weight excluding hydrogens is 286 g/mol. The van der Waals surface area contributed by atoms with E-state index in [2.05, 4.69) is 10.3 Å². The molecule has 0 aliphatic rings. The summed E-state index contributed by atoms with van der Waals surface area (Å²) in [5.74, 6) is -1.12. The van der Waals surface area contributed by atoms with Crippen LogP contribution in [0.1, 0.15) is 28.5 Å². The number of aliphatic hydroxyl groups excluding tert-OH is 2. The zero-order valence-electron chi connectivity index (χ0n) is 10.9. The van der Waals surface area contributed by atoms with Gasteiger partial charge in [-0.25, -0.2) is 14.6 Å². The van der Waals surface area contributed by atoms with E-state index < -0.39 is 18.0 Å². The van der Waals surface area contributed by atoms with Crippen LogP contribution in [0, 0.1) is 0 Å². The summed E-state index contributed by atoms with van der Waals surface area (Å²) in [4.78, 5) is 27.8. The average Bonchev–Trinajstić information content (AvgIpc) is 2.88. The molecule has 4 N–H and O–H groups in total. The average molecular weight is 303 g/mol. The van der Waals surface area contributed by atoms with Crippen LogP contribution < -0.4 is 5.32 Å². The zero-order valence-corrected chi connectivity index (χ0v) is 11.8. The zero-order chi connectivity index (χ0) is 15.1. The van der Waals surface area contributed by atoms with Crippen molar-refractivity contribution >= 4 is 23.3 Å². The summed E-state index contributed by atoms with van der Waals surface area (Å²) in [7, 11) is 0. The first kappa shape index (κ1) is 16.3. The highest BCUT2D eigenvalue weighted by atomic mass is 32.1. The molecule has 1 atom stereocenters. The highest BCUT2D eigenvalue weighted by Gasteiger charge is 2.19. The van der Waals surface area contributed by atoms with Crippen molar-refractivity contribution in [2.45, 2.75) is 13.0 Å². The van der Waals surface area contributed by atoms with E-state index in [1.54, 1.807) is 6.92 Å². The SMILES string of the molecule is CC(NC(=O)N(CCO)CCO)c1nc(C(=O)O)cs1. The van der Waals surface area contributed by atoms with Gasteiger partial charge >= 0.3 is 12.0 Å². The number of amides is 2. The predicted molar refractivity (Wildman–Crippen MR) is 71.8 cm³/mol. The summed E-state index contributed by atoms with van der Waals surface area (Å²) in [6.07, 6.45) is 0. The number of carboxylic acid groups (broad SMARTS) is 1. The number of urea groups is 1. The van der Waals surface area contributed by atoms with E-state index in [0.717, 1.165) is 11.3 Å². The van der Waals surface area contributed by atoms with Gasteiger partial charge in [0.1, 0.15) is 5.01 Å². The smallest absolute Gasteiger partial charge is 0.355 e. The van der Waals surface area contributed by atoms with Gasteiger partial charge in [0.15, 0.2) is 5.69 Å². The Morgan fingerprint density at radius 3 is 2.45 bits per heavy atom. The molecule has 0 saturated heterocycles. The molecule has 0 bridgehead atoms. The summed E-state index contributed by atoms with van der Waals surface area (Å²) in [5.41, 5.74) is -0.0614. The Morgan fingerprint density at radius 2 is 2.00 bits per heavy atom. The van der Waals surface area contributed by atoms with Crippen LogP contribution in [0.2, 0.25) is 0 Å². The van der Waals surface area contributed by atoms with Crippen LogP contribution in [0.25, 0.3) is 0 Å². The second-order valence-corrected chi connectivity index (χ2v) is 4.87. The quantitative estimate of drug-likeness (QED) is 0.558. The fraction of sp³-hybridized carbons (Fsp3) is 0.545. The van der Waals surface area contributed by atoms with E-state index in [4.69, 9.17) is 15.3 Å². The minimum Gasteiger partial charge on any atom is -0.476 e. The van der Waals surface area contributed by atoms with Crippen LogP contribution in [0.5, 0.6) is 0 Å². The number of carbonyl (C=O) groups is 2. The molecule has 20 heavy (non-hydrogen) atoms. The lowest BCUT2D eigenvalue weighted by Crippen LogP contribution is -2.43. The summed E-state index contributed by atoms with van der Waals surface area (Å²) in [6.45, 7) is 1.48. The lowest BCUT2D eigenvalue weighted by atomic mass is 10.3. The number of nitrogens with one attached hydrogen (secondary N) is 1. The maximum Gasteiger partial charge on any atom is 0.355 e. The number of aliphatic hydroxyl groups is 2. The minimum atomic E-state index is -1.12. The monoisotopic (exact) mass is 303 g/mol. The van der Waals surface area contributed by atoms with Crippen molar-refractivity contribution < 1.29 is 24.9 Å². The van der Waals surface area contributed by atoms with Gasteiger partial charge in [-0.2, -0.15) is 0 Å². The number of hydrogen-bond acceptors (Lipinski definition) is 6. The summed E-state index contributed by atoms with van der Waals surface area (Å²) >= 11 is 1.14. The van der Waals surface area contributed by atoms with E-state index >= 15 is 0 Å². The van der Waals surface area contributed by atoms with Gasteiger partial charge in [0.25, 0.3) is 0 Å². The second kappa shape index (κ2) is 7.78. The van der Waals surface area contributed by atoms with Crippen LogP contribution in [0.3, 0.4) is 0 Å². The van der Waals surface area contributed by atoms with Crippen molar-refractivity contribution in [2.24, 2.45) is 0 Å². The molecule has 0 saturated carbocycles. The molecule has 2 amide bonds. The fourth-order valence-electron chi connectivity index (χ4n) is 1.48. The van der Waals surface area contributed by atoms with E-state index in [9.17, 15) is 9.59 Å². The molecule has 0 aliphatic carbocycles. The number of nitrogens with zero attached hydrogens (tertiary/aromatic N) is 2. The molecule has 1 aromatic rings. The normalized spacial score (nSPS) is 11.9. The van der Waals surface area contributed by atoms with Gasteiger partial charge in [0, 0.05) is 18.5 Å². The van der Waals surface area contributed by atoms with Crippen molar-refractivity contribution in [3.8, 4) is 0 Å². The molecule has 0 radical (unpaired) electrons. The van der Waals surface area contributed by atoms with Crippen molar-refractivity contribution in [1.82, 2.24) is 15.2 Å². The van der Waals surface area contributed by atoms with Crippen molar-refractivity contribution in [2.75, 3.05) is 26.3 Å². The van der Waals surface area contributed by atoms with Crippen LogP contribution in [-0.2, 0) is 0 Å². The topological polar surface area (TPSA) is 123 Å². The summed E-state index contributed by atoms with van der Waals surface area (Å²) in [6, 6.07) is -0.909. The highest BCUT2D eigenvalue weighted by molar-refractivity contribution is 7.09.